The molecule has 0 atom stereocenters. The third kappa shape index (κ3) is 14.0. The van der Waals surface area contributed by atoms with Crippen molar-refractivity contribution in [2.75, 3.05) is 9.80 Å². The van der Waals surface area contributed by atoms with Crippen LogP contribution in [0, 0.1) is 0 Å². The van der Waals surface area contributed by atoms with Gasteiger partial charge in [-0.15, -0.1) is 0 Å². The topological polar surface area (TPSA) is 16.3 Å². The van der Waals surface area contributed by atoms with Gasteiger partial charge in [-0.2, -0.15) is 0 Å². The monoisotopic (exact) mass is 1730 g/mol. The van der Waals surface area contributed by atoms with Crippen LogP contribution in [0.3, 0.4) is 0 Å². The molecule has 0 fully saturated rings. The van der Waals surface area contributed by atoms with Crippen molar-refractivity contribution in [1.82, 2.24) is 9.13 Å². The Labute approximate surface area is 788 Å². The number of hydrogen-bond donors (Lipinski definition) is 0. The summed E-state index contributed by atoms with van der Waals surface area (Å²) in [5, 5.41) is 19.7. The Morgan fingerprint density at radius 1 is 0.125 bits per heavy atom. The van der Waals surface area contributed by atoms with Crippen molar-refractivity contribution in [2.24, 2.45) is 0 Å². The minimum atomic E-state index is 1.06. The highest BCUT2D eigenvalue weighted by Gasteiger charge is 2.24. The molecule has 634 valence electrons. The Hall–Kier alpha value is -18.0. The normalized spacial score (nSPS) is 11.7. The highest BCUT2D eigenvalue weighted by Crippen LogP contribution is 2.48. The van der Waals surface area contributed by atoms with E-state index in [1.54, 1.807) is 0 Å². The molecule has 2 heterocycles. The van der Waals surface area contributed by atoms with Gasteiger partial charge in [0, 0.05) is 72.6 Å². The number of fused-ring (bicyclic) bond motifs is 14. The first-order valence-electron chi connectivity index (χ1n) is 46.9. The van der Waals surface area contributed by atoms with Crippen LogP contribution in [0.1, 0.15) is 0 Å². The molecule has 26 rings (SSSR count). The lowest BCUT2D eigenvalue weighted by molar-refractivity contribution is 1.18. The van der Waals surface area contributed by atoms with Crippen molar-refractivity contribution in [3.8, 4) is 112 Å². The fourth-order valence-corrected chi connectivity index (χ4v) is 21.3. The zero-order valence-electron chi connectivity index (χ0n) is 74.4. The van der Waals surface area contributed by atoms with E-state index in [9.17, 15) is 0 Å². The molecule has 0 spiro atoms. The predicted molar refractivity (Wildman–Crippen MR) is 578 cm³/mol. The van der Waals surface area contributed by atoms with Gasteiger partial charge in [0.05, 0.1) is 22.1 Å². The van der Waals surface area contributed by atoms with E-state index in [1.165, 1.54) is 153 Å². The van der Waals surface area contributed by atoms with Crippen LogP contribution in [0.15, 0.2) is 522 Å². The van der Waals surface area contributed by atoms with Crippen molar-refractivity contribution in [1.29, 1.82) is 0 Å². The van der Waals surface area contributed by atoms with Gasteiger partial charge in [-0.1, -0.05) is 376 Å². The average Bonchev–Trinajstić information content (AvgIpc) is 1.52. The van der Waals surface area contributed by atoms with Crippen molar-refractivity contribution in [3.63, 3.8) is 0 Å². The van der Waals surface area contributed by atoms with Gasteiger partial charge in [-0.3, -0.25) is 0 Å². The van der Waals surface area contributed by atoms with E-state index < -0.39 is 0 Å². The smallest absolute Gasteiger partial charge is 0.0619 e. The third-order valence-corrected chi connectivity index (χ3v) is 28.0. The summed E-state index contributed by atoms with van der Waals surface area (Å²) in [7, 11) is 0. The SMILES string of the molecule is c1ccc(-n2c3cc(-c4cccc(N(c5ccc(-c6cccc(-c7ccc8ccccc8c7)c6)cc5)c5ccc(-c6cccc7c6ccc6ccccc67)cc5)c4)ccc3c3ccc(-c4ccc5c(ccc6c(-c7ccc(N(c8ccc(-c9cccc(-c%10ccc%11ccccc%11c%10)c9)cc8)c8ccc(-c9cccc%10c%11ccccc%11n(-c%11ccccc%11)c9%10)cc8)cc7)cccc65)c4)cc32)cc1. The summed E-state index contributed by atoms with van der Waals surface area (Å²) in [6.45, 7) is 0. The molecule has 0 N–H and O–H groups in total. The number of rotatable bonds is 17. The molecule has 136 heavy (non-hydrogen) atoms. The van der Waals surface area contributed by atoms with Crippen LogP contribution in [-0.4, -0.2) is 9.13 Å². The highest BCUT2D eigenvalue weighted by molar-refractivity contribution is 6.17. The largest absolute Gasteiger partial charge is 0.311 e. The second kappa shape index (κ2) is 33.1. The minimum absolute atomic E-state index is 1.06. The van der Waals surface area contributed by atoms with E-state index in [4.69, 9.17) is 0 Å². The molecule has 4 heteroatoms. The van der Waals surface area contributed by atoms with Gasteiger partial charge < -0.3 is 18.9 Å². The van der Waals surface area contributed by atoms with Crippen LogP contribution in [0.4, 0.5) is 34.1 Å². The van der Waals surface area contributed by atoms with Crippen LogP contribution in [0.25, 0.3) is 220 Å². The number of hydrogen-bond acceptors (Lipinski definition) is 2. The quantitative estimate of drug-likeness (QED) is 0.0845. The molecule has 0 radical (unpaired) electrons. The fraction of sp³-hybridized carbons (Fsp3) is 0. The third-order valence-electron chi connectivity index (χ3n) is 28.0. The molecule has 0 aliphatic carbocycles. The molecule has 26 aromatic rings. The first kappa shape index (κ1) is 79.0. The van der Waals surface area contributed by atoms with Gasteiger partial charge in [-0.25, -0.2) is 0 Å². The number of para-hydroxylation sites is 4. The van der Waals surface area contributed by atoms with Crippen LogP contribution in [0.5, 0.6) is 0 Å². The molecule has 2 aromatic heterocycles. The van der Waals surface area contributed by atoms with E-state index in [-0.39, 0.29) is 0 Å². The summed E-state index contributed by atoms with van der Waals surface area (Å²) >= 11 is 0. The average molecular weight is 1730 g/mol. The molecule has 0 unspecified atom stereocenters. The van der Waals surface area contributed by atoms with Crippen LogP contribution in [-0.2, 0) is 0 Å². The second-order valence-corrected chi connectivity index (χ2v) is 35.9. The fourth-order valence-electron chi connectivity index (χ4n) is 21.3. The van der Waals surface area contributed by atoms with Crippen molar-refractivity contribution < 1.29 is 0 Å². The molecule has 24 aromatic carbocycles. The maximum atomic E-state index is 2.46. The molecular formula is C132H86N4. The van der Waals surface area contributed by atoms with E-state index in [1.807, 2.05) is 0 Å². The molecule has 4 nitrogen and oxygen atoms in total. The lowest BCUT2D eigenvalue weighted by atomic mass is 9.93. The molecule has 0 bridgehead atoms. The summed E-state index contributed by atoms with van der Waals surface area (Å²) < 4.78 is 4.89. The highest BCUT2D eigenvalue weighted by atomic mass is 15.1. The maximum Gasteiger partial charge on any atom is 0.0619 e. The van der Waals surface area contributed by atoms with Gasteiger partial charge >= 0.3 is 0 Å². The Morgan fingerprint density at radius 3 is 0.934 bits per heavy atom. The lowest BCUT2D eigenvalue weighted by Gasteiger charge is -2.26. The Kier molecular flexibility index (Phi) is 19.3. The Balaban J connectivity index is 0.522. The van der Waals surface area contributed by atoms with Gasteiger partial charge in [0.2, 0.25) is 0 Å². The van der Waals surface area contributed by atoms with E-state index in [0.29, 0.717) is 0 Å². The molecule has 0 saturated heterocycles. The van der Waals surface area contributed by atoms with Gasteiger partial charge in [0.25, 0.3) is 0 Å². The van der Waals surface area contributed by atoms with Gasteiger partial charge in [-0.05, 0) is 305 Å². The van der Waals surface area contributed by atoms with Crippen LogP contribution in [0.2, 0.25) is 0 Å². The molecule has 0 saturated carbocycles. The minimum Gasteiger partial charge on any atom is -0.311 e. The van der Waals surface area contributed by atoms with Crippen LogP contribution < -0.4 is 9.80 Å². The number of benzene rings is 24. The van der Waals surface area contributed by atoms with E-state index >= 15 is 0 Å². The zero-order chi connectivity index (χ0) is 89.7. The van der Waals surface area contributed by atoms with E-state index in [2.05, 4.69) is 541 Å². The Morgan fingerprint density at radius 2 is 0.426 bits per heavy atom. The van der Waals surface area contributed by atoms with Crippen molar-refractivity contribution in [3.05, 3.63) is 522 Å². The summed E-state index contributed by atoms with van der Waals surface area (Å²) in [4.78, 5) is 4.80. The zero-order valence-corrected chi connectivity index (χ0v) is 74.4. The number of nitrogens with zero attached hydrogens (tertiary/aromatic N) is 4. The molecule has 0 amide bonds. The second-order valence-electron chi connectivity index (χ2n) is 35.9. The van der Waals surface area contributed by atoms with Gasteiger partial charge in [0.1, 0.15) is 0 Å². The number of anilines is 6. The summed E-state index contributed by atoms with van der Waals surface area (Å²) in [6, 6.07) is 193. The molecule has 0 aliphatic heterocycles. The first-order chi connectivity index (χ1) is 67.4. The first-order valence-corrected chi connectivity index (χ1v) is 46.9. The van der Waals surface area contributed by atoms with Crippen molar-refractivity contribution >= 4 is 142 Å². The summed E-state index contributed by atoms with van der Waals surface area (Å²) in [6.07, 6.45) is 0. The standard InChI is InChI=1S/C132H86N4/c1-3-31-108(32-4-1)135-130-85-105(101-30-17-35-115(84-101)134(114-70-55-93(56-71-114)117-38-18-41-121-116-36-12-11-23-91(116)59-75-123(117)121)113-66-51-90(52-67-113)98-27-16-29-100(80-98)103-48-46-88-22-8-10-25-96(88)82-103)61-77-126(130)127-78-62-106(86-131(127)135)104-60-74-119-107(83-104)63-76-124-118(39-19-42-122(119)124)92-53-68-111(69-54-92)133(110-64-49-89(50-65-110)97-26-15-28-99(79-97)102-47-45-87-21-7-9-24-95(87)81-102)112-72-57-94(58-73-112)120-40-20-43-128-125-37-13-14-44-129(125)136(132(120)128)109-33-5-2-6-34-109/h1-86H. The summed E-state index contributed by atoms with van der Waals surface area (Å²) in [5.74, 6) is 0. The predicted octanol–water partition coefficient (Wildman–Crippen LogP) is 36.7. The van der Waals surface area contributed by atoms with Gasteiger partial charge in [0.15, 0.2) is 0 Å². The van der Waals surface area contributed by atoms with Crippen LogP contribution >= 0.6 is 0 Å². The Bertz CT molecular complexity index is 9190. The lowest BCUT2D eigenvalue weighted by Crippen LogP contribution is -2.10. The van der Waals surface area contributed by atoms with Crippen molar-refractivity contribution in [2.45, 2.75) is 0 Å². The van der Waals surface area contributed by atoms with E-state index in [0.717, 1.165) is 101 Å². The maximum absolute atomic E-state index is 2.46. The summed E-state index contributed by atoms with van der Waals surface area (Å²) in [5.41, 5.74) is 34.3. The molecule has 0 aliphatic rings. The molecular weight excluding hydrogens is 1640 g/mol. The number of aromatic nitrogens is 2.